The minimum Gasteiger partial charge on any atom is -0.483 e. The second-order valence-corrected chi connectivity index (χ2v) is 10.4. The molecule has 1 saturated heterocycles. The SMILES string of the molecule is C[C@@H]1C(=O)NN=C2COc3cc(-c4ccccc4CO)c([C@@H](C)C4(C)CN(C)C4)cc3N21.O=C(O)C(F)(F)F. The molecule has 0 saturated carbocycles. The smallest absolute Gasteiger partial charge is 0.483 e. The van der Waals surface area contributed by atoms with E-state index in [1.807, 2.05) is 30.0 Å². The standard InChI is InChI=1S/C25H30N4O3.C2HF3O2/c1-15(25(3)13-28(4)14-25)19-9-21-22(10-20(19)18-8-6-5-7-17(18)11-30)32-12-23-26-27-24(31)16(2)29(21)23;3-2(4,5)1(6)7/h5-10,15-16,30H,11-14H2,1-4H3,(H,27,31);(H,6,7)/t15-,16-;/m1./s1. The van der Waals surface area contributed by atoms with Crippen molar-refractivity contribution in [2.45, 2.75) is 45.5 Å². The van der Waals surface area contributed by atoms with E-state index in [-0.39, 0.29) is 29.9 Å². The zero-order valence-corrected chi connectivity index (χ0v) is 22.0. The van der Waals surface area contributed by atoms with Crippen molar-refractivity contribution in [3.05, 3.63) is 47.5 Å². The van der Waals surface area contributed by atoms with Crippen molar-refractivity contribution in [2.24, 2.45) is 10.5 Å². The Bertz CT molecular complexity index is 1310. The number of amidine groups is 1. The van der Waals surface area contributed by atoms with Crippen LogP contribution in [0.25, 0.3) is 11.1 Å². The number of ether oxygens (including phenoxy) is 1. The molecule has 3 aliphatic heterocycles. The van der Waals surface area contributed by atoms with Gasteiger partial charge in [-0.1, -0.05) is 38.1 Å². The van der Waals surface area contributed by atoms with Gasteiger partial charge in [0.05, 0.1) is 12.3 Å². The number of halogens is 3. The topological polar surface area (TPSA) is 115 Å². The Morgan fingerprint density at radius 1 is 1.26 bits per heavy atom. The molecule has 0 bridgehead atoms. The summed E-state index contributed by atoms with van der Waals surface area (Å²) in [7, 11) is 2.15. The predicted octanol–water partition coefficient (Wildman–Crippen LogP) is 3.57. The molecule has 0 radical (unpaired) electrons. The second kappa shape index (κ2) is 10.5. The molecule has 0 spiro atoms. The van der Waals surface area contributed by atoms with Crippen LogP contribution < -0.4 is 15.1 Å². The zero-order chi connectivity index (χ0) is 28.7. The zero-order valence-electron chi connectivity index (χ0n) is 22.0. The van der Waals surface area contributed by atoms with Crippen LogP contribution in [0.5, 0.6) is 5.75 Å². The van der Waals surface area contributed by atoms with E-state index in [4.69, 9.17) is 14.6 Å². The average Bonchev–Trinajstić information content (AvgIpc) is 2.88. The molecule has 3 heterocycles. The number of likely N-dealkylation sites (tertiary alicyclic amines) is 1. The molecule has 3 N–H and O–H groups in total. The summed E-state index contributed by atoms with van der Waals surface area (Å²) < 4.78 is 37.8. The molecule has 2 aromatic carbocycles. The summed E-state index contributed by atoms with van der Waals surface area (Å²) in [5, 5.41) is 21.4. The number of carboxylic acids is 1. The highest BCUT2D eigenvalue weighted by atomic mass is 19.4. The first-order chi connectivity index (χ1) is 18.3. The molecule has 12 heteroatoms. The highest BCUT2D eigenvalue weighted by molar-refractivity contribution is 6.09. The second-order valence-electron chi connectivity index (χ2n) is 10.4. The number of hydrogen-bond donors (Lipinski definition) is 3. The summed E-state index contributed by atoms with van der Waals surface area (Å²) in [6.45, 7) is 8.83. The minimum atomic E-state index is -5.08. The maximum atomic E-state index is 12.4. The predicted molar refractivity (Wildman–Crippen MR) is 139 cm³/mol. The molecule has 2 aromatic rings. The molecule has 0 unspecified atom stereocenters. The van der Waals surface area contributed by atoms with Gasteiger partial charge in [-0.15, -0.1) is 0 Å². The van der Waals surface area contributed by atoms with E-state index < -0.39 is 12.1 Å². The first-order valence-electron chi connectivity index (χ1n) is 12.4. The molecule has 1 amide bonds. The molecule has 5 rings (SSSR count). The summed E-state index contributed by atoms with van der Waals surface area (Å²) in [4.78, 5) is 25.6. The first kappa shape index (κ1) is 28.4. The number of hydrazone groups is 1. The summed E-state index contributed by atoms with van der Waals surface area (Å²) >= 11 is 0. The third kappa shape index (κ3) is 5.44. The van der Waals surface area contributed by atoms with Gasteiger partial charge in [-0.25, -0.2) is 10.2 Å². The van der Waals surface area contributed by atoms with E-state index >= 15 is 0 Å². The van der Waals surface area contributed by atoms with Crippen LogP contribution in [-0.2, 0) is 16.2 Å². The normalized spacial score (nSPS) is 20.6. The third-order valence-electron chi connectivity index (χ3n) is 7.58. The fourth-order valence-corrected chi connectivity index (χ4v) is 5.44. The van der Waals surface area contributed by atoms with Crippen molar-refractivity contribution in [3.8, 4) is 16.9 Å². The number of carboxylic acid groups (broad SMARTS) is 1. The molecule has 0 aromatic heterocycles. The maximum Gasteiger partial charge on any atom is 0.490 e. The Morgan fingerprint density at radius 2 is 1.90 bits per heavy atom. The third-order valence-corrected chi connectivity index (χ3v) is 7.58. The molecule has 3 aliphatic rings. The van der Waals surface area contributed by atoms with E-state index in [1.54, 1.807) is 0 Å². The number of carbonyl (C=O) groups excluding carboxylic acids is 1. The van der Waals surface area contributed by atoms with Crippen LogP contribution in [0.4, 0.5) is 18.9 Å². The number of hydrogen-bond acceptors (Lipinski definition) is 7. The van der Waals surface area contributed by atoms with Crippen molar-refractivity contribution >= 4 is 23.4 Å². The number of carbonyl (C=O) groups is 2. The van der Waals surface area contributed by atoms with Crippen LogP contribution in [0.15, 0.2) is 41.5 Å². The van der Waals surface area contributed by atoms with E-state index in [1.165, 1.54) is 5.56 Å². The Balaban J connectivity index is 0.000000448. The maximum absolute atomic E-state index is 12.4. The monoisotopic (exact) mass is 548 g/mol. The summed E-state index contributed by atoms with van der Waals surface area (Å²) in [5.74, 6) is -1.17. The lowest BCUT2D eigenvalue weighted by Crippen LogP contribution is -2.56. The quantitative estimate of drug-likeness (QED) is 0.535. The van der Waals surface area contributed by atoms with E-state index in [0.717, 1.165) is 41.2 Å². The first-order valence-corrected chi connectivity index (χ1v) is 12.4. The van der Waals surface area contributed by atoms with Gasteiger partial charge in [-0.05, 0) is 59.7 Å². The van der Waals surface area contributed by atoms with Crippen molar-refractivity contribution in [3.63, 3.8) is 0 Å². The average molecular weight is 549 g/mol. The van der Waals surface area contributed by atoms with E-state index in [2.05, 4.69) is 54.5 Å². The number of aliphatic hydroxyl groups is 1. The number of aliphatic carboxylic acids is 1. The fraction of sp³-hybridized carbons (Fsp3) is 0.444. The number of alkyl halides is 3. The van der Waals surface area contributed by atoms with E-state index in [9.17, 15) is 23.1 Å². The number of fused-ring (bicyclic) bond motifs is 3. The van der Waals surface area contributed by atoms with E-state index in [0.29, 0.717) is 12.4 Å². The largest absolute Gasteiger partial charge is 0.490 e. The lowest BCUT2D eigenvalue weighted by Gasteiger charge is -2.51. The molecular weight excluding hydrogens is 517 g/mol. The Hall–Kier alpha value is -3.64. The van der Waals surface area contributed by atoms with Crippen molar-refractivity contribution in [2.75, 3.05) is 31.6 Å². The van der Waals surface area contributed by atoms with Crippen LogP contribution >= 0.6 is 0 Å². The van der Waals surface area contributed by atoms with Gasteiger partial charge in [0.2, 0.25) is 0 Å². The fourth-order valence-electron chi connectivity index (χ4n) is 5.44. The molecule has 0 aliphatic carbocycles. The lowest BCUT2D eigenvalue weighted by atomic mass is 9.68. The van der Waals surface area contributed by atoms with Gasteiger partial charge in [0.15, 0.2) is 5.84 Å². The van der Waals surface area contributed by atoms with Gasteiger partial charge < -0.3 is 24.7 Å². The number of aliphatic hydroxyl groups excluding tert-OH is 1. The lowest BCUT2D eigenvalue weighted by molar-refractivity contribution is -0.192. The van der Waals surface area contributed by atoms with Gasteiger partial charge in [0.1, 0.15) is 18.4 Å². The van der Waals surface area contributed by atoms with Gasteiger partial charge in [0, 0.05) is 13.1 Å². The van der Waals surface area contributed by atoms with Crippen molar-refractivity contribution < 1.29 is 37.7 Å². The van der Waals surface area contributed by atoms with Crippen LogP contribution in [0, 0.1) is 5.41 Å². The van der Waals surface area contributed by atoms with Crippen LogP contribution in [0.3, 0.4) is 0 Å². The number of rotatable bonds is 4. The highest BCUT2D eigenvalue weighted by Gasteiger charge is 2.44. The highest BCUT2D eigenvalue weighted by Crippen LogP contribution is 2.49. The molecule has 39 heavy (non-hydrogen) atoms. The van der Waals surface area contributed by atoms with Crippen LogP contribution in [0.1, 0.15) is 37.8 Å². The molecule has 9 nitrogen and oxygen atoms in total. The van der Waals surface area contributed by atoms with Crippen molar-refractivity contribution in [1.29, 1.82) is 0 Å². The van der Waals surface area contributed by atoms with Gasteiger partial charge >= 0.3 is 12.1 Å². The molecule has 1 fully saturated rings. The summed E-state index contributed by atoms with van der Waals surface area (Å²) in [6, 6.07) is 11.9. The Kier molecular flexibility index (Phi) is 7.63. The van der Waals surface area contributed by atoms with Crippen LogP contribution in [0.2, 0.25) is 0 Å². The molecular formula is C27H31F3N4O5. The number of amides is 1. The van der Waals surface area contributed by atoms with Crippen molar-refractivity contribution in [1.82, 2.24) is 10.3 Å². The molecule has 2 atom stereocenters. The number of nitrogens with zero attached hydrogens (tertiary/aromatic N) is 3. The van der Waals surface area contributed by atoms with Crippen LogP contribution in [-0.4, -0.2) is 71.8 Å². The molecule has 210 valence electrons. The van der Waals surface area contributed by atoms with Gasteiger partial charge in [0.25, 0.3) is 5.91 Å². The Labute approximate surface area is 223 Å². The summed E-state index contributed by atoms with van der Waals surface area (Å²) in [6.07, 6.45) is -5.08. The number of anilines is 1. The van der Waals surface area contributed by atoms with Gasteiger partial charge in [-0.2, -0.15) is 18.3 Å². The number of benzene rings is 2. The summed E-state index contributed by atoms with van der Waals surface area (Å²) in [5.41, 5.74) is 7.79. The van der Waals surface area contributed by atoms with Gasteiger partial charge in [-0.3, -0.25) is 4.79 Å². The Morgan fingerprint density at radius 3 is 2.49 bits per heavy atom. The number of nitrogens with one attached hydrogen (secondary N) is 1. The minimum absolute atomic E-state index is 0.0257.